The van der Waals surface area contributed by atoms with Crippen LogP contribution in [0.5, 0.6) is 0 Å². The number of fused-ring (bicyclic) bond motifs is 19. The van der Waals surface area contributed by atoms with Crippen molar-refractivity contribution in [2.45, 2.75) is 0 Å². The zero-order chi connectivity index (χ0) is 71.2. The molecule has 0 radical (unpaired) electrons. The Hall–Kier alpha value is -14.5. The topological polar surface area (TPSA) is 46.0 Å². The van der Waals surface area contributed by atoms with Crippen molar-refractivity contribution in [2.75, 3.05) is 0 Å². The van der Waals surface area contributed by atoms with Gasteiger partial charge in [-0.05, 0) is 172 Å². The van der Waals surface area contributed by atoms with E-state index in [0.717, 1.165) is 71.7 Å². The van der Waals surface area contributed by atoms with Crippen LogP contribution in [0.25, 0.3) is 198 Å². The molecule has 23 rings (SSSR count). The molecule has 0 spiro atoms. The Morgan fingerprint density at radius 3 is 0.898 bits per heavy atom. The van der Waals surface area contributed by atoms with Crippen molar-refractivity contribution in [1.29, 1.82) is 0 Å². The molecular formula is C102H66N4O2. The Labute approximate surface area is 621 Å². The van der Waals surface area contributed by atoms with Crippen molar-refractivity contribution in [3.63, 3.8) is 0 Å². The summed E-state index contributed by atoms with van der Waals surface area (Å²) in [6.45, 7) is 0. The quantitative estimate of drug-likeness (QED) is 0.152. The summed E-state index contributed by atoms with van der Waals surface area (Å²) in [5.41, 5.74) is 27.5. The van der Waals surface area contributed by atoms with E-state index in [9.17, 15) is 0 Å². The van der Waals surface area contributed by atoms with Gasteiger partial charge in [-0.1, -0.05) is 267 Å². The average Bonchev–Trinajstić information content (AvgIpc) is 1.57. The molecule has 0 fully saturated rings. The van der Waals surface area contributed by atoms with Gasteiger partial charge >= 0.3 is 0 Å². The fourth-order valence-electron chi connectivity index (χ4n) is 16.8. The van der Waals surface area contributed by atoms with Gasteiger partial charge in [0.25, 0.3) is 0 Å². The van der Waals surface area contributed by atoms with Crippen molar-refractivity contribution in [3.8, 4) is 67.3 Å². The average molecular weight is 1380 g/mol. The maximum absolute atomic E-state index is 6.50. The van der Waals surface area contributed by atoms with Crippen LogP contribution in [0.2, 0.25) is 0 Å². The van der Waals surface area contributed by atoms with Crippen LogP contribution in [0, 0.1) is 0 Å². The van der Waals surface area contributed by atoms with Crippen LogP contribution in [0.3, 0.4) is 0 Å². The first-order valence-electron chi connectivity index (χ1n) is 36.9. The van der Waals surface area contributed by atoms with Gasteiger partial charge in [-0.15, -0.1) is 0 Å². The summed E-state index contributed by atoms with van der Waals surface area (Å²) in [4.78, 5) is 0. The summed E-state index contributed by atoms with van der Waals surface area (Å²) in [6.07, 6.45) is 0. The largest absolute Gasteiger partial charge is 0.456 e. The smallest absolute Gasteiger partial charge is 0.145 e. The number of para-hydroxylation sites is 8. The molecule has 0 aliphatic rings. The second-order valence-electron chi connectivity index (χ2n) is 27.9. The molecular weight excluding hydrogens is 1310 g/mol. The minimum absolute atomic E-state index is 0.908. The Bertz CT molecular complexity index is 7000. The highest BCUT2D eigenvalue weighted by molar-refractivity contribution is 6.25. The molecule has 0 N–H and O–H groups in total. The number of rotatable bonds is 8. The predicted molar refractivity (Wildman–Crippen MR) is 453 cm³/mol. The third-order valence-electron chi connectivity index (χ3n) is 21.6. The summed E-state index contributed by atoms with van der Waals surface area (Å²) in [5, 5.41) is 14.5. The molecule has 0 amide bonds. The Balaban J connectivity index is 0.000000104. The fraction of sp³-hybridized carbons (Fsp3) is 0. The summed E-state index contributed by atoms with van der Waals surface area (Å²) < 4.78 is 22.4. The highest BCUT2D eigenvalue weighted by atomic mass is 16.3. The lowest BCUT2D eigenvalue weighted by molar-refractivity contribution is 0.669. The maximum Gasteiger partial charge on any atom is 0.145 e. The van der Waals surface area contributed by atoms with Crippen molar-refractivity contribution < 1.29 is 8.83 Å². The van der Waals surface area contributed by atoms with Crippen molar-refractivity contribution in [2.24, 2.45) is 0 Å². The van der Waals surface area contributed by atoms with Crippen molar-refractivity contribution in [1.82, 2.24) is 18.3 Å². The van der Waals surface area contributed by atoms with Crippen LogP contribution in [0.4, 0.5) is 0 Å². The van der Waals surface area contributed by atoms with Gasteiger partial charge in [-0.25, -0.2) is 0 Å². The third kappa shape index (κ3) is 10.4. The lowest BCUT2D eigenvalue weighted by atomic mass is 9.98. The molecule has 6 nitrogen and oxygen atoms in total. The van der Waals surface area contributed by atoms with Crippen molar-refractivity contribution in [3.05, 3.63) is 400 Å². The predicted octanol–water partition coefficient (Wildman–Crippen LogP) is 27.9. The standard InChI is InChI=1S/2C36H23NO.C30H20N2/c1-3-11-24(12-4-1)26-21-27(25-13-5-2-6-14-25)23-28(22-26)37-32-17-9-7-16-31(32)35-33(37)20-19-30-29-15-8-10-18-34(29)38-36(30)35;1-3-11-24(12-4-1)26-19-27(25-13-5-2-6-14-25)21-28(20-26)37-33-17-9-7-15-29(33)31-22-32-30-16-8-10-18-35(30)38-36(32)23-34(31)37;1-3-11-21(12-4-1)31-27-17-9-7-15-23(27)25-20-30-26(19-29(25)31)24-16-8-10-18-28(24)32(30)22-13-5-2-6-14-22/h2*1-23H;1-20H. The molecule has 506 valence electrons. The number of benzene rings is 17. The van der Waals surface area contributed by atoms with Gasteiger partial charge < -0.3 is 27.1 Å². The van der Waals surface area contributed by atoms with E-state index in [-0.39, 0.29) is 0 Å². The molecule has 108 heavy (non-hydrogen) atoms. The zero-order valence-electron chi connectivity index (χ0n) is 58.7. The molecule has 0 saturated heterocycles. The normalized spacial score (nSPS) is 11.7. The van der Waals surface area contributed by atoms with E-state index in [4.69, 9.17) is 8.83 Å². The summed E-state index contributed by atoms with van der Waals surface area (Å²) in [6, 6.07) is 143. The summed E-state index contributed by atoms with van der Waals surface area (Å²) >= 11 is 0. The molecule has 6 aromatic heterocycles. The van der Waals surface area contributed by atoms with Gasteiger partial charge in [0.2, 0.25) is 0 Å². The second kappa shape index (κ2) is 25.7. The van der Waals surface area contributed by atoms with Crippen LogP contribution in [0.15, 0.2) is 409 Å². The van der Waals surface area contributed by atoms with Gasteiger partial charge in [0, 0.05) is 88.1 Å². The van der Waals surface area contributed by atoms with Gasteiger partial charge in [0.05, 0.1) is 49.5 Å². The van der Waals surface area contributed by atoms with Crippen LogP contribution in [0.1, 0.15) is 0 Å². The molecule has 0 aliphatic heterocycles. The van der Waals surface area contributed by atoms with E-state index in [1.807, 2.05) is 18.2 Å². The molecule has 23 aromatic rings. The number of hydrogen-bond acceptors (Lipinski definition) is 2. The third-order valence-corrected chi connectivity index (χ3v) is 21.6. The van der Waals surface area contributed by atoms with Gasteiger partial charge in [-0.3, -0.25) is 0 Å². The Morgan fingerprint density at radius 2 is 0.463 bits per heavy atom. The van der Waals surface area contributed by atoms with Crippen LogP contribution < -0.4 is 0 Å². The highest BCUT2D eigenvalue weighted by Gasteiger charge is 2.23. The Kier molecular flexibility index (Phi) is 14.8. The lowest BCUT2D eigenvalue weighted by Crippen LogP contribution is -1.96. The van der Waals surface area contributed by atoms with Crippen LogP contribution in [-0.4, -0.2) is 18.3 Å². The monoisotopic (exact) mass is 1380 g/mol. The molecule has 0 bridgehead atoms. The first-order valence-corrected chi connectivity index (χ1v) is 36.9. The van der Waals surface area contributed by atoms with E-state index >= 15 is 0 Å². The Morgan fingerprint density at radius 1 is 0.148 bits per heavy atom. The lowest BCUT2D eigenvalue weighted by Gasteiger charge is -2.14. The summed E-state index contributed by atoms with van der Waals surface area (Å²) in [7, 11) is 0. The van der Waals surface area contributed by atoms with Gasteiger partial charge in [0.1, 0.15) is 22.3 Å². The summed E-state index contributed by atoms with van der Waals surface area (Å²) in [5.74, 6) is 0. The van der Waals surface area contributed by atoms with Crippen molar-refractivity contribution >= 4 is 131 Å². The highest BCUT2D eigenvalue weighted by Crippen LogP contribution is 2.45. The number of furan rings is 2. The first kappa shape index (κ1) is 62.1. The van der Waals surface area contributed by atoms with Gasteiger partial charge in [0.15, 0.2) is 0 Å². The SMILES string of the molecule is c1ccc(-c2cc(-c3ccccc3)cc(-n3c4ccccc4c4c5oc6ccccc6c5ccc43)c2)cc1.c1ccc(-c2cc(-c3ccccc3)cc(-n3c4ccccc4c4cc5c(cc43)oc3ccccc35)c2)cc1.c1ccc(-n2c3ccccc3c3cc4c(cc32)c2ccccc2n4-c2ccccc2)cc1. The van der Waals surface area contributed by atoms with E-state index in [1.54, 1.807) is 0 Å². The van der Waals surface area contributed by atoms with E-state index < -0.39 is 0 Å². The molecule has 17 aromatic carbocycles. The first-order chi connectivity index (χ1) is 53.6. The number of nitrogens with zero attached hydrogens (tertiary/aromatic N) is 4. The minimum atomic E-state index is 0.908. The van der Waals surface area contributed by atoms with E-state index in [0.29, 0.717) is 0 Å². The van der Waals surface area contributed by atoms with Gasteiger partial charge in [-0.2, -0.15) is 0 Å². The molecule has 0 unspecified atom stereocenters. The fourth-order valence-corrected chi connectivity index (χ4v) is 16.8. The van der Waals surface area contributed by atoms with E-state index in [1.165, 1.54) is 127 Å². The second-order valence-corrected chi connectivity index (χ2v) is 27.9. The molecule has 0 saturated carbocycles. The van der Waals surface area contributed by atoms with Crippen LogP contribution >= 0.6 is 0 Å². The molecule has 6 heteroatoms. The maximum atomic E-state index is 6.50. The zero-order valence-corrected chi connectivity index (χ0v) is 58.7. The molecule has 0 atom stereocenters. The number of hydrogen-bond donors (Lipinski definition) is 0. The molecule has 6 heterocycles. The molecule has 0 aliphatic carbocycles. The minimum Gasteiger partial charge on any atom is -0.456 e. The number of aromatic nitrogens is 4. The van der Waals surface area contributed by atoms with Crippen LogP contribution in [-0.2, 0) is 0 Å². The van der Waals surface area contributed by atoms with E-state index in [2.05, 4.69) is 400 Å².